The van der Waals surface area contributed by atoms with E-state index in [1.165, 1.54) is 11.3 Å². The number of benzene rings is 2. The third-order valence-corrected chi connectivity index (χ3v) is 6.94. The van der Waals surface area contributed by atoms with Crippen molar-refractivity contribution in [1.29, 1.82) is 0 Å². The van der Waals surface area contributed by atoms with Gasteiger partial charge in [-0.15, -0.1) is 0 Å². The number of fused-ring (bicyclic) bond motifs is 1. The van der Waals surface area contributed by atoms with Crippen LogP contribution < -0.4 is 24.4 Å². The van der Waals surface area contributed by atoms with Crippen LogP contribution in [0, 0.1) is 0 Å². The second-order valence-corrected chi connectivity index (χ2v) is 10.1. The van der Waals surface area contributed by atoms with Crippen molar-refractivity contribution >= 4 is 23.4 Å². The number of ether oxygens (including phenoxy) is 3. The number of unbranched alkanes of at least 4 members (excludes halogenated alkanes) is 1. The summed E-state index contributed by atoms with van der Waals surface area (Å²) in [5.74, 6) is 1.01. The van der Waals surface area contributed by atoms with E-state index in [9.17, 15) is 9.59 Å². The van der Waals surface area contributed by atoms with Crippen LogP contribution in [0.2, 0.25) is 0 Å². The number of allylic oxidation sites excluding steroid dienone is 1. The zero-order chi connectivity index (χ0) is 26.5. The van der Waals surface area contributed by atoms with Crippen LogP contribution in [0.3, 0.4) is 0 Å². The van der Waals surface area contributed by atoms with E-state index in [4.69, 9.17) is 14.2 Å². The van der Waals surface area contributed by atoms with Gasteiger partial charge in [-0.25, -0.2) is 9.79 Å². The van der Waals surface area contributed by atoms with Crippen LogP contribution in [0.15, 0.2) is 69.6 Å². The normalized spacial score (nSPS) is 15.4. The number of methoxy groups -OCH3 is 1. The van der Waals surface area contributed by atoms with E-state index < -0.39 is 12.0 Å². The van der Waals surface area contributed by atoms with E-state index in [0.717, 1.165) is 29.7 Å². The molecule has 0 radical (unpaired) electrons. The molecule has 1 atom stereocenters. The number of thiazole rings is 1. The molecule has 0 fully saturated rings. The van der Waals surface area contributed by atoms with Crippen molar-refractivity contribution in [2.24, 2.45) is 4.99 Å². The lowest BCUT2D eigenvalue weighted by molar-refractivity contribution is -0.143. The molecular formula is C29H32N2O5S. The van der Waals surface area contributed by atoms with Gasteiger partial charge in [0.1, 0.15) is 11.5 Å². The quantitative estimate of drug-likeness (QED) is 0.309. The first-order valence-corrected chi connectivity index (χ1v) is 13.2. The Morgan fingerprint density at radius 1 is 1.11 bits per heavy atom. The summed E-state index contributed by atoms with van der Waals surface area (Å²) in [4.78, 5) is 32.1. The molecule has 7 nitrogen and oxygen atoms in total. The van der Waals surface area contributed by atoms with Crippen molar-refractivity contribution < 1.29 is 19.0 Å². The highest BCUT2D eigenvalue weighted by Crippen LogP contribution is 2.31. The number of hydrogen-bond donors (Lipinski definition) is 0. The van der Waals surface area contributed by atoms with Crippen molar-refractivity contribution in [3.8, 4) is 11.5 Å². The summed E-state index contributed by atoms with van der Waals surface area (Å²) >= 11 is 1.30. The van der Waals surface area contributed by atoms with Crippen LogP contribution in [-0.4, -0.2) is 30.4 Å². The Kier molecular flexibility index (Phi) is 8.28. The van der Waals surface area contributed by atoms with Gasteiger partial charge in [-0.2, -0.15) is 0 Å². The summed E-state index contributed by atoms with van der Waals surface area (Å²) < 4.78 is 18.7. The van der Waals surface area contributed by atoms with E-state index in [-0.39, 0.29) is 11.7 Å². The lowest BCUT2D eigenvalue weighted by atomic mass is 9.96. The van der Waals surface area contributed by atoms with E-state index in [1.54, 1.807) is 32.4 Å². The zero-order valence-corrected chi connectivity index (χ0v) is 22.6. The maximum Gasteiger partial charge on any atom is 0.338 e. The smallest absolute Gasteiger partial charge is 0.338 e. The molecule has 1 aromatic heterocycles. The van der Waals surface area contributed by atoms with Crippen LogP contribution in [0.5, 0.6) is 11.5 Å². The van der Waals surface area contributed by atoms with Crippen LogP contribution in [0.25, 0.3) is 6.08 Å². The highest BCUT2D eigenvalue weighted by atomic mass is 32.1. The number of carbonyl (C=O) groups is 1. The molecule has 1 aliphatic rings. The lowest BCUT2D eigenvalue weighted by Crippen LogP contribution is -2.40. The van der Waals surface area contributed by atoms with Crippen molar-refractivity contribution in [1.82, 2.24) is 4.57 Å². The second kappa shape index (κ2) is 11.6. The van der Waals surface area contributed by atoms with E-state index >= 15 is 0 Å². The SMILES string of the molecule is CCCCOc1ccc(/C=c2/sc3n(c2=O)C(c2ccc(OC)cc2)C(C(=O)OC(C)C)=C(C)N=3)cc1. The molecule has 1 unspecified atom stereocenters. The number of hydrogen-bond acceptors (Lipinski definition) is 7. The van der Waals surface area contributed by atoms with Gasteiger partial charge in [0.05, 0.1) is 41.7 Å². The zero-order valence-electron chi connectivity index (χ0n) is 21.8. The van der Waals surface area contributed by atoms with Crippen molar-refractivity contribution in [3.63, 3.8) is 0 Å². The van der Waals surface area contributed by atoms with Crippen molar-refractivity contribution in [2.45, 2.75) is 52.7 Å². The van der Waals surface area contributed by atoms with Gasteiger partial charge in [0.15, 0.2) is 4.80 Å². The first-order chi connectivity index (χ1) is 17.8. The topological polar surface area (TPSA) is 79.1 Å². The third-order valence-electron chi connectivity index (χ3n) is 5.96. The Morgan fingerprint density at radius 3 is 2.41 bits per heavy atom. The fourth-order valence-corrected chi connectivity index (χ4v) is 5.15. The maximum absolute atomic E-state index is 13.7. The minimum absolute atomic E-state index is 0.213. The van der Waals surface area contributed by atoms with Gasteiger partial charge in [-0.1, -0.05) is 48.9 Å². The lowest BCUT2D eigenvalue weighted by Gasteiger charge is -2.25. The average Bonchev–Trinajstić information content (AvgIpc) is 3.18. The minimum atomic E-state index is -0.662. The Morgan fingerprint density at radius 2 is 1.78 bits per heavy atom. The molecule has 2 heterocycles. The molecule has 194 valence electrons. The number of esters is 1. The Hall–Kier alpha value is -3.65. The van der Waals surface area contributed by atoms with Gasteiger partial charge in [-0.05, 0) is 68.7 Å². The fraction of sp³-hybridized carbons (Fsp3) is 0.345. The van der Waals surface area contributed by atoms with E-state index in [0.29, 0.717) is 33.0 Å². The predicted molar refractivity (Wildman–Crippen MR) is 145 cm³/mol. The molecule has 2 aromatic carbocycles. The summed E-state index contributed by atoms with van der Waals surface area (Å²) in [7, 11) is 1.59. The van der Waals surface area contributed by atoms with E-state index in [2.05, 4.69) is 11.9 Å². The predicted octanol–water partition coefficient (Wildman–Crippen LogP) is 4.37. The number of carbonyl (C=O) groups excluding carboxylic acids is 1. The Labute approximate surface area is 220 Å². The molecule has 1 aliphatic heterocycles. The molecule has 0 N–H and O–H groups in total. The van der Waals surface area contributed by atoms with Crippen LogP contribution in [-0.2, 0) is 9.53 Å². The first-order valence-electron chi connectivity index (χ1n) is 12.4. The van der Waals surface area contributed by atoms with Crippen LogP contribution in [0.1, 0.15) is 57.7 Å². The molecule has 0 saturated carbocycles. The molecular weight excluding hydrogens is 488 g/mol. The van der Waals surface area contributed by atoms with Crippen LogP contribution in [0.4, 0.5) is 0 Å². The minimum Gasteiger partial charge on any atom is -0.497 e. The molecule has 0 bridgehead atoms. The standard InChI is InChI=1S/C29H32N2O5S/c1-6-7-16-35-23-12-8-20(9-13-23)17-24-27(32)31-26(21-10-14-22(34-5)15-11-21)25(28(33)36-18(2)3)19(4)30-29(31)37-24/h8-15,17-18,26H,6-7,16H2,1-5H3/b24-17+. The van der Waals surface area contributed by atoms with E-state index in [1.807, 2.05) is 54.6 Å². The second-order valence-electron chi connectivity index (χ2n) is 9.08. The van der Waals surface area contributed by atoms with Crippen molar-refractivity contribution in [2.75, 3.05) is 13.7 Å². The van der Waals surface area contributed by atoms with Gasteiger partial charge in [0.25, 0.3) is 5.56 Å². The number of aromatic nitrogens is 1. The highest BCUT2D eigenvalue weighted by Gasteiger charge is 2.33. The fourth-order valence-electron chi connectivity index (χ4n) is 4.11. The summed E-state index contributed by atoms with van der Waals surface area (Å²) in [6, 6.07) is 14.4. The highest BCUT2D eigenvalue weighted by molar-refractivity contribution is 7.07. The van der Waals surface area contributed by atoms with Gasteiger partial charge in [-0.3, -0.25) is 9.36 Å². The van der Waals surface area contributed by atoms with Gasteiger partial charge >= 0.3 is 5.97 Å². The molecule has 0 amide bonds. The molecule has 0 saturated heterocycles. The van der Waals surface area contributed by atoms with Gasteiger partial charge in [0.2, 0.25) is 0 Å². The number of rotatable bonds is 9. The Balaban J connectivity index is 1.79. The monoisotopic (exact) mass is 520 g/mol. The van der Waals surface area contributed by atoms with Gasteiger partial charge in [0, 0.05) is 0 Å². The largest absolute Gasteiger partial charge is 0.497 e. The molecule has 8 heteroatoms. The summed E-state index contributed by atoms with van der Waals surface area (Å²) in [6.07, 6.45) is 3.62. The molecule has 4 rings (SSSR count). The van der Waals surface area contributed by atoms with Crippen molar-refractivity contribution in [3.05, 3.63) is 90.6 Å². The first kappa shape index (κ1) is 26.4. The summed E-state index contributed by atoms with van der Waals surface area (Å²) in [5.41, 5.74) is 2.32. The molecule has 37 heavy (non-hydrogen) atoms. The molecule has 0 aliphatic carbocycles. The summed E-state index contributed by atoms with van der Waals surface area (Å²) in [6.45, 7) is 8.18. The number of nitrogens with zero attached hydrogens (tertiary/aromatic N) is 2. The summed E-state index contributed by atoms with van der Waals surface area (Å²) in [5, 5.41) is 0. The maximum atomic E-state index is 13.7. The van der Waals surface area contributed by atoms with Crippen LogP contribution >= 0.6 is 11.3 Å². The third kappa shape index (κ3) is 5.85. The average molecular weight is 521 g/mol. The molecule has 3 aromatic rings. The Bertz CT molecular complexity index is 1460. The molecule has 0 spiro atoms. The van der Waals surface area contributed by atoms with Gasteiger partial charge < -0.3 is 14.2 Å².